The Bertz CT molecular complexity index is 360. The Morgan fingerprint density at radius 3 is 3.06 bits per heavy atom. The van der Waals surface area contributed by atoms with E-state index in [1.165, 1.54) is 0 Å². The van der Waals surface area contributed by atoms with Crippen molar-refractivity contribution >= 4 is 5.96 Å². The third kappa shape index (κ3) is 5.35. The van der Waals surface area contributed by atoms with Crippen LogP contribution in [0.15, 0.2) is 17.4 Å². The Kier molecular flexibility index (Phi) is 5.48. The molecule has 0 bridgehead atoms. The predicted molar refractivity (Wildman–Crippen MR) is 67.9 cm³/mol. The lowest BCUT2D eigenvalue weighted by Gasteiger charge is -2.12. The van der Waals surface area contributed by atoms with E-state index in [2.05, 4.69) is 15.4 Å². The van der Waals surface area contributed by atoms with Gasteiger partial charge in [0.05, 0.1) is 25.9 Å². The van der Waals surface area contributed by atoms with Gasteiger partial charge >= 0.3 is 0 Å². The van der Waals surface area contributed by atoms with E-state index in [-0.39, 0.29) is 6.04 Å². The summed E-state index contributed by atoms with van der Waals surface area (Å²) in [6.45, 7) is 5.95. The van der Waals surface area contributed by atoms with Gasteiger partial charge in [-0.3, -0.25) is 9.67 Å². The monoisotopic (exact) mass is 239 g/mol. The molecule has 1 atom stereocenters. The second-order valence-electron chi connectivity index (χ2n) is 4.05. The van der Waals surface area contributed by atoms with Gasteiger partial charge in [0.25, 0.3) is 0 Å². The van der Waals surface area contributed by atoms with Crippen LogP contribution in [0.2, 0.25) is 0 Å². The molecule has 1 aromatic heterocycles. The Balaban J connectivity index is 2.28. The van der Waals surface area contributed by atoms with E-state index in [1.807, 2.05) is 30.9 Å². The molecule has 0 aliphatic rings. The van der Waals surface area contributed by atoms with Gasteiger partial charge in [-0.2, -0.15) is 5.10 Å². The van der Waals surface area contributed by atoms with Crippen molar-refractivity contribution in [2.75, 3.05) is 20.3 Å². The minimum absolute atomic E-state index is 0.163. The minimum Gasteiger partial charge on any atom is -0.383 e. The van der Waals surface area contributed by atoms with E-state index in [4.69, 9.17) is 10.5 Å². The van der Waals surface area contributed by atoms with Gasteiger partial charge in [0, 0.05) is 19.3 Å². The molecule has 6 heteroatoms. The molecule has 0 saturated carbocycles. The third-order valence-corrected chi connectivity index (χ3v) is 2.18. The fraction of sp³-hybridized carbons (Fsp3) is 0.636. The smallest absolute Gasteiger partial charge is 0.188 e. The second kappa shape index (κ2) is 6.90. The van der Waals surface area contributed by atoms with Gasteiger partial charge in [0.2, 0.25) is 0 Å². The zero-order chi connectivity index (χ0) is 12.7. The summed E-state index contributed by atoms with van der Waals surface area (Å²) in [5.74, 6) is 0.443. The summed E-state index contributed by atoms with van der Waals surface area (Å²) in [6, 6.07) is 0.163. The molecule has 1 rings (SSSR count). The van der Waals surface area contributed by atoms with Crippen LogP contribution in [-0.4, -0.2) is 42.0 Å². The summed E-state index contributed by atoms with van der Waals surface area (Å²) in [4.78, 5) is 4.22. The molecule has 0 aromatic carbocycles. The number of nitrogens with one attached hydrogen (secondary N) is 1. The first kappa shape index (κ1) is 13.5. The zero-order valence-corrected chi connectivity index (χ0v) is 10.7. The Morgan fingerprint density at radius 2 is 2.47 bits per heavy atom. The molecule has 0 spiro atoms. The molecule has 0 amide bonds. The van der Waals surface area contributed by atoms with Crippen molar-refractivity contribution in [1.29, 1.82) is 0 Å². The number of rotatable bonds is 6. The molecule has 0 aliphatic heterocycles. The quantitative estimate of drug-likeness (QED) is 0.546. The molecule has 3 N–H and O–H groups in total. The SMILES string of the molecule is COCC(C)NC(N)=NCCn1cc(C)cn1. The van der Waals surface area contributed by atoms with Crippen molar-refractivity contribution in [2.45, 2.75) is 26.4 Å². The highest BCUT2D eigenvalue weighted by Gasteiger charge is 2.01. The number of hydrogen-bond donors (Lipinski definition) is 2. The van der Waals surface area contributed by atoms with Crippen LogP contribution >= 0.6 is 0 Å². The fourth-order valence-corrected chi connectivity index (χ4v) is 1.45. The number of aryl methyl sites for hydroxylation is 1. The summed E-state index contributed by atoms with van der Waals surface area (Å²) in [5, 5.41) is 7.21. The van der Waals surface area contributed by atoms with Gasteiger partial charge in [-0.1, -0.05) is 0 Å². The first-order valence-corrected chi connectivity index (χ1v) is 5.66. The highest BCUT2D eigenvalue weighted by atomic mass is 16.5. The Labute approximate surface area is 102 Å². The zero-order valence-electron chi connectivity index (χ0n) is 10.7. The van der Waals surface area contributed by atoms with Crippen LogP contribution in [0.4, 0.5) is 0 Å². The Morgan fingerprint density at radius 1 is 1.71 bits per heavy atom. The van der Waals surface area contributed by atoms with Crippen LogP contribution in [0.1, 0.15) is 12.5 Å². The highest BCUT2D eigenvalue weighted by molar-refractivity contribution is 5.78. The average molecular weight is 239 g/mol. The largest absolute Gasteiger partial charge is 0.383 e. The molecule has 1 aromatic rings. The third-order valence-electron chi connectivity index (χ3n) is 2.18. The van der Waals surface area contributed by atoms with Crippen molar-refractivity contribution in [3.63, 3.8) is 0 Å². The van der Waals surface area contributed by atoms with Crippen molar-refractivity contribution in [3.05, 3.63) is 18.0 Å². The molecule has 6 nitrogen and oxygen atoms in total. The van der Waals surface area contributed by atoms with Gasteiger partial charge in [0.1, 0.15) is 0 Å². The van der Waals surface area contributed by atoms with Gasteiger partial charge in [-0.05, 0) is 19.4 Å². The standard InChI is InChI=1S/C11H21N5O/c1-9-6-14-16(7-9)5-4-13-11(12)15-10(2)8-17-3/h6-7,10H,4-5,8H2,1-3H3,(H3,12,13,15). The topological polar surface area (TPSA) is 77.5 Å². The molecule has 0 radical (unpaired) electrons. The molecule has 96 valence electrons. The maximum absolute atomic E-state index is 5.73. The van der Waals surface area contributed by atoms with Crippen LogP contribution in [0.3, 0.4) is 0 Å². The molecule has 17 heavy (non-hydrogen) atoms. The summed E-state index contributed by atoms with van der Waals surface area (Å²) in [7, 11) is 1.66. The van der Waals surface area contributed by atoms with E-state index >= 15 is 0 Å². The maximum atomic E-state index is 5.73. The number of ether oxygens (including phenoxy) is 1. The van der Waals surface area contributed by atoms with Crippen molar-refractivity contribution < 1.29 is 4.74 Å². The van der Waals surface area contributed by atoms with E-state index < -0.39 is 0 Å². The van der Waals surface area contributed by atoms with Crippen LogP contribution < -0.4 is 11.1 Å². The van der Waals surface area contributed by atoms with Crippen LogP contribution in [0.5, 0.6) is 0 Å². The molecule has 0 fully saturated rings. The summed E-state index contributed by atoms with van der Waals surface area (Å²) >= 11 is 0. The number of hydrogen-bond acceptors (Lipinski definition) is 3. The minimum atomic E-state index is 0.163. The molecular weight excluding hydrogens is 218 g/mol. The molecule has 1 unspecified atom stereocenters. The molecule has 0 aliphatic carbocycles. The van der Waals surface area contributed by atoms with Crippen molar-refractivity contribution in [3.8, 4) is 0 Å². The van der Waals surface area contributed by atoms with Gasteiger partial charge < -0.3 is 15.8 Å². The van der Waals surface area contributed by atoms with E-state index in [0.717, 1.165) is 12.1 Å². The second-order valence-corrected chi connectivity index (χ2v) is 4.05. The number of aromatic nitrogens is 2. The van der Waals surface area contributed by atoms with Crippen LogP contribution in [-0.2, 0) is 11.3 Å². The van der Waals surface area contributed by atoms with Crippen molar-refractivity contribution in [2.24, 2.45) is 10.7 Å². The molecule has 1 heterocycles. The van der Waals surface area contributed by atoms with E-state index in [1.54, 1.807) is 7.11 Å². The van der Waals surface area contributed by atoms with Crippen LogP contribution in [0.25, 0.3) is 0 Å². The normalized spacial score (nSPS) is 13.7. The first-order valence-electron chi connectivity index (χ1n) is 5.66. The fourth-order valence-electron chi connectivity index (χ4n) is 1.45. The number of guanidine groups is 1. The molecular formula is C11H21N5O. The number of methoxy groups -OCH3 is 1. The maximum Gasteiger partial charge on any atom is 0.188 e. The van der Waals surface area contributed by atoms with E-state index in [0.29, 0.717) is 19.1 Å². The number of aliphatic imine (C=N–C) groups is 1. The average Bonchev–Trinajstić information content (AvgIpc) is 2.64. The predicted octanol–water partition coefficient (Wildman–Crippen LogP) is 0.131. The number of nitrogens with zero attached hydrogens (tertiary/aromatic N) is 3. The van der Waals surface area contributed by atoms with E-state index in [9.17, 15) is 0 Å². The summed E-state index contributed by atoms with van der Waals surface area (Å²) < 4.78 is 6.85. The van der Waals surface area contributed by atoms with Gasteiger partial charge in [0.15, 0.2) is 5.96 Å². The van der Waals surface area contributed by atoms with Gasteiger partial charge in [-0.15, -0.1) is 0 Å². The lowest BCUT2D eigenvalue weighted by Crippen LogP contribution is -2.40. The lowest BCUT2D eigenvalue weighted by atomic mass is 10.4. The molecule has 0 saturated heterocycles. The van der Waals surface area contributed by atoms with Gasteiger partial charge in [-0.25, -0.2) is 0 Å². The highest BCUT2D eigenvalue weighted by Crippen LogP contribution is 1.93. The van der Waals surface area contributed by atoms with Crippen LogP contribution in [0, 0.1) is 6.92 Å². The lowest BCUT2D eigenvalue weighted by molar-refractivity contribution is 0.179. The summed E-state index contributed by atoms with van der Waals surface area (Å²) in [6.07, 6.45) is 3.80. The summed E-state index contributed by atoms with van der Waals surface area (Å²) in [5.41, 5.74) is 6.87. The Hall–Kier alpha value is -1.56. The number of nitrogens with two attached hydrogens (primary N) is 1. The van der Waals surface area contributed by atoms with Crippen molar-refractivity contribution in [1.82, 2.24) is 15.1 Å². The first-order chi connectivity index (χ1) is 8.11.